The summed E-state index contributed by atoms with van der Waals surface area (Å²) in [6.07, 6.45) is 0. The maximum Gasteiger partial charge on any atom is 0.194 e. The molecule has 14 heteroatoms. The fourth-order valence-corrected chi connectivity index (χ4v) is 11.3. The van der Waals surface area contributed by atoms with E-state index >= 15 is 0 Å². The van der Waals surface area contributed by atoms with Crippen LogP contribution in [0.3, 0.4) is 0 Å². The summed E-state index contributed by atoms with van der Waals surface area (Å²) >= 11 is 8.70. The third-order valence-corrected chi connectivity index (χ3v) is 13.4. The van der Waals surface area contributed by atoms with Crippen molar-refractivity contribution in [2.24, 2.45) is 0 Å². The second-order valence-electron chi connectivity index (χ2n) is 9.06. The zero-order valence-electron chi connectivity index (χ0n) is 20.2. The predicted molar refractivity (Wildman–Crippen MR) is 163 cm³/mol. The summed E-state index contributed by atoms with van der Waals surface area (Å²) < 4.78 is 85.2. The third kappa shape index (κ3) is 4.31. The zero-order valence-corrected chi connectivity index (χ0v) is 25.1. The molecule has 42 heavy (non-hydrogen) atoms. The molecule has 0 aliphatic heterocycles. The molecule has 8 aromatic rings. The molecule has 0 unspecified atom stereocenters. The molecule has 0 aliphatic carbocycles. The predicted octanol–water partition coefficient (Wildman–Crippen LogP) is 11.8. The Balaban J connectivity index is 1.06. The minimum atomic E-state index is -1.48. The number of thiazole rings is 2. The molecule has 6 heterocycles. The summed E-state index contributed by atoms with van der Waals surface area (Å²) in [5.74, 6) is -7.84. The smallest absolute Gasteiger partial charge is 0.194 e. The van der Waals surface area contributed by atoms with Crippen LogP contribution in [-0.2, 0) is 0 Å². The molecule has 0 bridgehead atoms. The van der Waals surface area contributed by atoms with E-state index in [1.54, 1.807) is 0 Å². The van der Waals surface area contributed by atoms with Crippen LogP contribution in [0.15, 0.2) is 48.5 Å². The van der Waals surface area contributed by atoms with Gasteiger partial charge in [-0.1, -0.05) is 22.7 Å². The Bertz CT molecular complexity index is 2050. The lowest BCUT2D eigenvalue weighted by atomic mass is 10.2. The number of fused-ring (bicyclic) bond motifs is 3. The molecule has 2 nitrogen and oxygen atoms in total. The zero-order chi connectivity index (χ0) is 28.9. The number of nitrogens with zero attached hydrogens (tertiary/aromatic N) is 2. The van der Waals surface area contributed by atoms with Gasteiger partial charge in [-0.2, -0.15) is 0 Å². The second kappa shape index (κ2) is 9.69. The molecule has 0 fully saturated rings. The summed E-state index contributed by atoms with van der Waals surface area (Å²) in [6.45, 7) is 0. The average molecular weight is 679 g/mol. The first kappa shape index (κ1) is 26.5. The Morgan fingerprint density at radius 1 is 0.381 bits per heavy atom. The molecule has 8 rings (SSSR count). The highest BCUT2D eigenvalue weighted by molar-refractivity contribution is 7.35. The lowest BCUT2D eigenvalue weighted by Gasteiger charge is -2.00. The average Bonchev–Trinajstić information content (AvgIpc) is 3.75. The van der Waals surface area contributed by atoms with Crippen molar-refractivity contribution in [1.29, 1.82) is 0 Å². The summed E-state index contributed by atoms with van der Waals surface area (Å²) in [6, 6.07) is 11.6. The molecule has 0 atom stereocenters. The fourth-order valence-electron chi connectivity index (χ4n) is 4.42. The summed E-state index contributed by atoms with van der Waals surface area (Å²) in [4.78, 5) is 14.4. The van der Waals surface area contributed by atoms with E-state index in [1.807, 2.05) is 24.3 Å². The largest absolute Gasteiger partial charge is 0.222 e. The van der Waals surface area contributed by atoms with Crippen LogP contribution in [-0.4, -0.2) is 9.97 Å². The Kier molecular flexibility index (Phi) is 6.11. The van der Waals surface area contributed by atoms with E-state index in [1.165, 1.54) is 68.0 Å². The van der Waals surface area contributed by atoms with Crippen molar-refractivity contribution >= 4 is 96.5 Å². The van der Waals surface area contributed by atoms with Crippen LogP contribution < -0.4 is 0 Å². The van der Waals surface area contributed by atoms with Gasteiger partial charge in [-0.05, 0) is 59.7 Å². The van der Waals surface area contributed by atoms with E-state index in [4.69, 9.17) is 9.97 Å². The number of benzene rings is 2. The summed E-state index contributed by atoms with van der Waals surface area (Å²) in [5.41, 5.74) is 0.575. The number of aromatic nitrogens is 2. The quantitative estimate of drug-likeness (QED) is 0.137. The standard InChI is InChI=1S/C28H8F6N2S6/c29-11-1-9(2-12(30)23(11)33)15-5-17-19(37-15)7-21(39-17)25-35-27-28(41-25)36-26(42-27)22-8-20-18(40-22)6-16(38-20)10-3-13(31)24(34)14(32)4-10/h1-8H. The molecule has 6 aromatic heterocycles. The first-order valence-electron chi connectivity index (χ1n) is 11.8. The molecule has 0 spiro atoms. The van der Waals surface area contributed by atoms with Gasteiger partial charge < -0.3 is 0 Å². The van der Waals surface area contributed by atoms with Crippen LogP contribution in [0.2, 0.25) is 0 Å². The highest BCUT2D eigenvalue weighted by Crippen LogP contribution is 2.47. The summed E-state index contributed by atoms with van der Waals surface area (Å²) in [7, 11) is 0. The molecule has 208 valence electrons. The number of halogens is 6. The molecule has 0 saturated heterocycles. The van der Waals surface area contributed by atoms with Crippen molar-refractivity contribution in [3.63, 3.8) is 0 Å². The van der Waals surface area contributed by atoms with Crippen molar-refractivity contribution in [3.8, 4) is 40.7 Å². The van der Waals surface area contributed by atoms with Crippen molar-refractivity contribution in [1.82, 2.24) is 9.97 Å². The van der Waals surface area contributed by atoms with Crippen LogP contribution in [0.5, 0.6) is 0 Å². The minimum absolute atomic E-state index is 0.288. The van der Waals surface area contributed by atoms with E-state index in [0.29, 0.717) is 9.75 Å². The van der Waals surface area contributed by atoms with Gasteiger partial charge in [0.25, 0.3) is 0 Å². The molecule has 0 saturated carbocycles. The topological polar surface area (TPSA) is 25.8 Å². The van der Waals surface area contributed by atoms with Gasteiger partial charge >= 0.3 is 0 Å². The number of hydrogen-bond donors (Lipinski definition) is 0. The van der Waals surface area contributed by atoms with Gasteiger partial charge in [0.05, 0.1) is 9.75 Å². The molecule has 0 amide bonds. The molecule has 0 aliphatic rings. The fraction of sp³-hybridized carbons (Fsp3) is 0. The Morgan fingerprint density at radius 2 is 0.690 bits per heavy atom. The van der Waals surface area contributed by atoms with Gasteiger partial charge in [-0.15, -0.1) is 45.3 Å². The summed E-state index contributed by atoms with van der Waals surface area (Å²) in [5, 5.41) is 1.64. The van der Waals surface area contributed by atoms with Crippen molar-refractivity contribution < 1.29 is 26.3 Å². The van der Waals surface area contributed by atoms with Crippen molar-refractivity contribution in [2.75, 3.05) is 0 Å². The molecule has 0 N–H and O–H groups in total. The van der Waals surface area contributed by atoms with E-state index in [9.17, 15) is 26.3 Å². The Morgan fingerprint density at radius 3 is 1.05 bits per heavy atom. The Labute approximate surface area is 255 Å². The first-order chi connectivity index (χ1) is 20.2. The van der Waals surface area contributed by atoms with Gasteiger partial charge in [0, 0.05) is 28.6 Å². The van der Waals surface area contributed by atoms with Crippen molar-refractivity contribution in [2.45, 2.75) is 0 Å². The van der Waals surface area contributed by atoms with E-state index in [-0.39, 0.29) is 11.1 Å². The third-order valence-electron chi connectivity index (χ3n) is 6.35. The van der Waals surface area contributed by atoms with Crippen LogP contribution >= 0.6 is 68.0 Å². The maximum atomic E-state index is 13.7. The molecule has 0 radical (unpaired) electrons. The van der Waals surface area contributed by atoms with E-state index in [0.717, 1.165) is 72.5 Å². The SMILES string of the molecule is Fc1cc(-c2cc3sc(-c4nc5sc(-c6cc7sc(-c8cc(F)c(F)c(F)c8)cc7s6)nc5s4)cc3s2)cc(F)c1F. The highest BCUT2D eigenvalue weighted by atomic mass is 32.1. The Hall–Kier alpha value is -3.14. The molecular formula is C28H8F6N2S6. The lowest BCUT2D eigenvalue weighted by Crippen LogP contribution is -1.90. The second-order valence-corrected chi connectivity index (χ2v) is 15.3. The maximum absolute atomic E-state index is 13.7. The van der Waals surface area contributed by atoms with E-state index < -0.39 is 34.9 Å². The van der Waals surface area contributed by atoms with Crippen LogP contribution in [0.1, 0.15) is 0 Å². The minimum Gasteiger partial charge on any atom is -0.222 e. The van der Waals surface area contributed by atoms with Crippen LogP contribution in [0.4, 0.5) is 26.3 Å². The van der Waals surface area contributed by atoms with E-state index in [2.05, 4.69) is 0 Å². The molecular weight excluding hydrogens is 671 g/mol. The van der Waals surface area contributed by atoms with Gasteiger partial charge in [0.15, 0.2) is 44.6 Å². The van der Waals surface area contributed by atoms with Gasteiger partial charge in [-0.25, -0.2) is 36.3 Å². The van der Waals surface area contributed by atoms with Crippen LogP contribution in [0, 0.1) is 34.9 Å². The number of hydrogen-bond acceptors (Lipinski definition) is 8. The van der Waals surface area contributed by atoms with Crippen molar-refractivity contribution in [3.05, 3.63) is 83.4 Å². The van der Waals surface area contributed by atoms with Gasteiger partial charge in [-0.3, -0.25) is 0 Å². The first-order valence-corrected chi connectivity index (χ1v) is 16.7. The highest BCUT2D eigenvalue weighted by Gasteiger charge is 2.20. The normalized spacial score (nSPS) is 12.0. The van der Waals surface area contributed by atoms with Gasteiger partial charge in [0.1, 0.15) is 10.0 Å². The monoisotopic (exact) mass is 678 g/mol. The lowest BCUT2D eigenvalue weighted by molar-refractivity contribution is 0.447. The van der Waals surface area contributed by atoms with Crippen LogP contribution in [0.25, 0.3) is 69.1 Å². The number of thiophene rings is 4. The number of rotatable bonds is 4. The van der Waals surface area contributed by atoms with Gasteiger partial charge in [0.2, 0.25) is 0 Å². The molecule has 2 aromatic carbocycles.